The van der Waals surface area contributed by atoms with Gasteiger partial charge < -0.3 is 5.32 Å². The number of amides is 4. The number of ketones is 1. The summed E-state index contributed by atoms with van der Waals surface area (Å²) >= 11 is 7.11. The lowest BCUT2D eigenvalue weighted by molar-refractivity contribution is -0.126. The van der Waals surface area contributed by atoms with Crippen LogP contribution in [0.5, 0.6) is 0 Å². The average molecular weight is 420 g/mol. The fraction of sp³-hybridized carbons (Fsp3) is 0.263. The summed E-state index contributed by atoms with van der Waals surface area (Å²) in [5, 5.41) is 3.18. The number of urea groups is 1. The minimum Gasteiger partial charge on any atom is -0.351 e. The highest BCUT2D eigenvalue weighted by atomic mass is 35.5. The Labute approximate surface area is 170 Å². The van der Waals surface area contributed by atoms with Crippen molar-refractivity contribution in [1.82, 2.24) is 10.2 Å². The van der Waals surface area contributed by atoms with E-state index in [-0.39, 0.29) is 18.2 Å². The van der Waals surface area contributed by atoms with Crippen LogP contribution in [-0.2, 0) is 16.1 Å². The zero-order valence-corrected chi connectivity index (χ0v) is 16.8. The minimum absolute atomic E-state index is 0.161. The Bertz CT molecular complexity index is 941. The van der Waals surface area contributed by atoms with Crippen LogP contribution in [0, 0.1) is 0 Å². The SMILES string of the molecule is CC(=O)NCc1ccc(C(=O)CN2C(=O)C(C)N(c3ccc(Cl)cc3)C2=O)s1. The summed E-state index contributed by atoms with van der Waals surface area (Å²) in [6.45, 7) is 3.04. The van der Waals surface area contributed by atoms with E-state index < -0.39 is 18.0 Å². The maximum absolute atomic E-state index is 12.8. The highest BCUT2D eigenvalue weighted by Gasteiger charge is 2.44. The average Bonchev–Trinajstić information content (AvgIpc) is 3.21. The predicted octanol–water partition coefficient (Wildman–Crippen LogP) is 3.08. The molecule has 0 radical (unpaired) electrons. The molecule has 2 aromatic rings. The van der Waals surface area contributed by atoms with Gasteiger partial charge >= 0.3 is 6.03 Å². The molecule has 1 atom stereocenters. The number of hydrogen-bond acceptors (Lipinski definition) is 5. The van der Waals surface area contributed by atoms with E-state index in [4.69, 9.17) is 11.6 Å². The van der Waals surface area contributed by atoms with Gasteiger partial charge in [-0.25, -0.2) is 4.79 Å². The lowest BCUT2D eigenvalue weighted by atomic mass is 10.2. The predicted molar refractivity (Wildman–Crippen MR) is 107 cm³/mol. The van der Waals surface area contributed by atoms with Crippen LogP contribution in [-0.4, -0.2) is 41.1 Å². The zero-order valence-electron chi connectivity index (χ0n) is 15.3. The lowest BCUT2D eigenvalue weighted by Crippen LogP contribution is -2.36. The first-order chi connectivity index (χ1) is 13.3. The first-order valence-corrected chi connectivity index (χ1v) is 9.74. The number of rotatable bonds is 6. The summed E-state index contributed by atoms with van der Waals surface area (Å²) < 4.78 is 0. The van der Waals surface area contributed by atoms with Crippen molar-refractivity contribution < 1.29 is 19.2 Å². The Morgan fingerprint density at radius 3 is 2.46 bits per heavy atom. The number of hydrogen-bond donors (Lipinski definition) is 1. The maximum atomic E-state index is 12.8. The van der Waals surface area contributed by atoms with Crippen molar-refractivity contribution in [3.05, 3.63) is 51.2 Å². The van der Waals surface area contributed by atoms with Crippen molar-refractivity contribution in [3.8, 4) is 0 Å². The smallest absolute Gasteiger partial charge is 0.332 e. The van der Waals surface area contributed by atoms with E-state index >= 15 is 0 Å². The first-order valence-electron chi connectivity index (χ1n) is 8.54. The normalized spacial score (nSPS) is 16.6. The Hall–Kier alpha value is -2.71. The Kier molecular flexibility index (Phi) is 5.81. The van der Waals surface area contributed by atoms with Gasteiger partial charge in [-0.3, -0.25) is 24.2 Å². The van der Waals surface area contributed by atoms with Gasteiger partial charge in [0.15, 0.2) is 5.78 Å². The standard InChI is InChI=1S/C19H18ClN3O4S/c1-11-18(26)22(19(27)23(11)14-5-3-13(20)4-6-14)10-16(25)17-8-7-15(28-17)9-21-12(2)24/h3-8,11H,9-10H2,1-2H3,(H,21,24). The monoisotopic (exact) mass is 419 g/mol. The fourth-order valence-electron chi connectivity index (χ4n) is 2.86. The van der Waals surface area contributed by atoms with Crippen LogP contribution in [0.1, 0.15) is 28.4 Å². The second kappa shape index (κ2) is 8.12. The Morgan fingerprint density at radius 1 is 1.14 bits per heavy atom. The lowest BCUT2D eigenvalue weighted by Gasteiger charge is -2.19. The minimum atomic E-state index is -0.708. The van der Waals surface area contributed by atoms with Gasteiger partial charge in [0.2, 0.25) is 5.91 Å². The molecule has 9 heteroatoms. The maximum Gasteiger partial charge on any atom is 0.332 e. The van der Waals surface area contributed by atoms with Crippen molar-refractivity contribution in [2.75, 3.05) is 11.4 Å². The molecule has 2 heterocycles. The van der Waals surface area contributed by atoms with Crippen LogP contribution in [0.2, 0.25) is 5.02 Å². The van der Waals surface area contributed by atoms with Gasteiger partial charge in [0.25, 0.3) is 5.91 Å². The van der Waals surface area contributed by atoms with Crippen LogP contribution in [0.4, 0.5) is 10.5 Å². The fourth-order valence-corrected chi connectivity index (χ4v) is 3.87. The molecule has 0 aliphatic carbocycles. The van der Waals surface area contributed by atoms with E-state index in [0.717, 1.165) is 9.78 Å². The van der Waals surface area contributed by atoms with Gasteiger partial charge in [-0.2, -0.15) is 0 Å². The number of halogens is 1. The molecule has 1 N–H and O–H groups in total. The molecule has 146 valence electrons. The topological polar surface area (TPSA) is 86.8 Å². The summed E-state index contributed by atoms with van der Waals surface area (Å²) in [6.07, 6.45) is 0. The molecular formula is C19H18ClN3O4S. The number of nitrogens with one attached hydrogen (secondary N) is 1. The Balaban J connectivity index is 1.72. The Morgan fingerprint density at radius 2 is 1.82 bits per heavy atom. The summed E-state index contributed by atoms with van der Waals surface area (Å²) in [7, 11) is 0. The largest absolute Gasteiger partial charge is 0.351 e. The van der Waals surface area contributed by atoms with Crippen LogP contribution in [0.15, 0.2) is 36.4 Å². The molecule has 0 saturated carbocycles. The second-order valence-corrected chi connectivity index (χ2v) is 7.93. The third-order valence-corrected chi connectivity index (χ3v) is 5.68. The molecule has 1 unspecified atom stereocenters. The van der Waals surface area contributed by atoms with Gasteiger partial charge in [0.05, 0.1) is 18.0 Å². The van der Waals surface area contributed by atoms with Gasteiger partial charge in [0.1, 0.15) is 6.04 Å². The van der Waals surface area contributed by atoms with E-state index in [1.807, 2.05) is 0 Å². The first kappa shape index (κ1) is 20.0. The molecule has 1 aliphatic rings. The summed E-state index contributed by atoms with van der Waals surface area (Å²) in [5.41, 5.74) is 0.541. The number of imide groups is 1. The highest BCUT2D eigenvalue weighted by molar-refractivity contribution is 7.14. The third-order valence-electron chi connectivity index (χ3n) is 4.30. The zero-order chi connectivity index (χ0) is 20.4. The molecule has 0 spiro atoms. The van der Waals surface area contributed by atoms with Crippen LogP contribution >= 0.6 is 22.9 Å². The number of thiophene rings is 1. The number of anilines is 1. The molecule has 28 heavy (non-hydrogen) atoms. The van der Waals surface area contributed by atoms with Crippen molar-refractivity contribution in [2.24, 2.45) is 0 Å². The van der Waals surface area contributed by atoms with Crippen molar-refractivity contribution in [1.29, 1.82) is 0 Å². The van der Waals surface area contributed by atoms with Crippen molar-refractivity contribution in [2.45, 2.75) is 26.4 Å². The summed E-state index contributed by atoms with van der Waals surface area (Å²) in [5.74, 6) is -0.917. The second-order valence-electron chi connectivity index (χ2n) is 6.33. The number of Topliss-reactive ketones (excluding diaryl/α,β-unsaturated/α-hetero) is 1. The molecule has 0 bridgehead atoms. The van der Waals surface area contributed by atoms with Gasteiger partial charge in [-0.15, -0.1) is 11.3 Å². The summed E-state index contributed by atoms with van der Waals surface area (Å²) in [6, 6.07) is 8.71. The van der Waals surface area contributed by atoms with E-state index in [2.05, 4.69) is 5.32 Å². The van der Waals surface area contributed by atoms with Crippen LogP contribution < -0.4 is 10.2 Å². The molecule has 1 fully saturated rings. The number of benzene rings is 1. The molecule has 1 aromatic heterocycles. The molecular weight excluding hydrogens is 402 g/mol. The van der Waals surface area contributed by atoms with Crippen molar-refractivity contribution in [3.63, 3.8) is 0 Å². The highest BCUT2D eigenvalue weighted by Crippen LogP contribution is 2.27. The van der Waals surface area contributed by atoms with Gasteiger partial charge in [-0.1, -0.05) is 11.6 Å². The molecule has 1 aliphatic heterocycles. The molecule has 7 nitrogen and oxygen atoms in total. The van der Waals surface area contributed by atoms with Gasteiger partial charge in [0, 0.05) is 22.5 Å². The van der Waals surface area contributed by atoms with Crippen LogP contribution in [0.3, 0.4) is 0 Å². The van der Waals surface area contributed by atoms with E-state index in [0.29, 0.717) is 22.1 Å². The van der Waals surface area contributed by atoms with Crippen molar-refractivity contribution >= 4 is 52.3 Å². The number of carbonyl (C=O) groups is 4. The summed E-state index contributed by atoms with van der Waals surface area (Å²) in [4.78, 5) is 52.4. The van der Waals surface area contributed by atoms with E-state index in [1.54, 1.807) is 43.3 Å². The molecule has 3 rings (SSSR count). The van der Waals surface area contributed by atoms with E-state index in [1.165, 1.54) is 23.2 Å². The molecule has 1 aromatic carbocycles. The quantitative estimate of drug-likeness (QED) is 0.575. The number of nitrogens with zero attached hydrogens (tertiary/aromatic N) is 2. The molecule has 4 amide bonds. The van der Waals surface area contributed by atoms with E-state index in [9.17, 15) is 19.2 Å². The number of carbonyl (C=O) groups excluding carboxylic acids is 4. The molecule has 1 saturated heterocycles. The van der Waals surface area contributed by atoms with Gasteiger partial charge in [-0.05, 0) is 43.3 Å². The van der Waals surface area contributed by atoms with Crippen LogP contribution in [0.25, 0.3) is 0 Å². The third kappa shape index (κ3) is 4.07.